The summed E-state index contributed by atoms with van der Waals surface area (Å²) in [7, 11) is 0. The first-order valence-electron chi connectivity index (χ1n) is 31.7. The molecule has 0 amide bonds. The van der Waals surface area contributed by atoms with Gasteiger partial charge < -0.3 is 9.80 Å². The topological polar surface area (TPSA) is 6.48 Å². The second kappa shape index (κ2) is 23.3. The lowest BCUT2D eigenvalue weighted by molar-refractivity contribution is 0.283. The number of anilines is 6. The van der Waals surface area contributed by atoms with Gasteiger partial charge in [0, 0.05) is 33.5 Å². The van der Waals surface area contributed by atoms with Crippen LogP contribution in [0, 0.1) is 38.5 Å². The van der Waals surface area contributed by atoms with E-state index in [0.29, 0.717) is 0 Å². The summed E-state index contributed by atoms with van der Waals surface area (Å²) in [5.74, 6) is 0. The molecule has 0 radical (unpaired) electrons. The Morgan fingerprint density at radius 3 is 0.920 bits per heavy atom. The van der Waals surface area contributed by atoms with Crippen LogP contribution in [0.2, 0.25) is 0 Å². The van der Waals surface area contributed by atoms with Crippen molar-refractivity contribution in [3.05, 3.63) is 276 Å². The summed E-state index contributed by atoms with van der Waals surface area (Å²) in [6.45, 7) is 32.6. The van der Waals surface area contributed by atoms with E-state index < -0.39 is 0 Å². The Bertz CT molecular complexity index is 4300. The minimum Gasteiger partial charge on any atom is -0.310 e. The highest BCUT2D eigenvalue weighted by atomic mass is 15.2. The molecule has 440 valence electrons. The fourth-order valence-electron chi connectivity index (χ4n) is 14.9. The summed E-state index contributed by atoms with van der Waals surface area (Å²) < 4.78 is 0. The zero-order valence-electron chi connectivity index (χ0n) is 54.4. The fourth-order valence-corrected chi connectivity index (χ4v) is 14.9. The number of benzene rings is 12. The monoisotopic (exact) mass is 1150 g/mol. The molecule has 0 aliphatic heterocycles. The van der Waals surface area contributed by atoms with E-state index in [4.69, 9.17) is 0 Å². The Labute approximate surface area is 525 Å². The summed E-state index contributed by atoms with van der Waals surface area (Å²) in [5, 5.41) is 7.16. The van der Waals surface area contributed by atoms with E-state index in [1.807, 2.05) is 0 Å². The van der Waals surface area contributed by atoms with Gasteiger partial charge in [0.2, 0.25) is 0 Å². The summed E-state index contributed by atoms with van der Waals surface area (Å²) in [4.78, 5) is 5.05. The maximum atomic E-state index is 2.52. The predicted molar refractivity (Wildman–Crippen MR) is 383 cm³/mol. The number of fused-ring (bicyclic) bond motifs is 5. The van der Waals surface area contributed by atoms with E-state index in [2.05, 4.69) is 349 Å². The van der Waals surface area contributed by atoms with Crippen LogP contribution in [0.3, 0.4) is 0 Å². The van der Waals surface area contributed by atoms with Crippen molar-refractivity contribution < 1.29 is 0 Å². The average Bonchev–Trinajstić information content (AvgIpc) is 0.743. The molecule has 0 atom stereocenters. The Balaban J connectivity index is 1.03. The van der Waals surface area contributed by atoms with E-state index >= 15 is 0 Å². The smallest absolute Gasteiger partial charge is 0.0546 e. The predicted octanol–water partition coefficient (Wildman–Crippen LogP) is 25.4. The van der Waals surface area contributed by atoms with Crippen LogP contribution in [0.5, 0.6) is 0 Å². The van der Waals surface area contributed by atoms with E-state index in [0.717, 1.165) is 47.0 Å². The highest BCUT2D eigenvalue weighted by Gasteiger charge is 2.30. The van der Waals surface area contributed by atoms with Crippen LogP contribution in [-0.2, 0) is 10.8 Å². The second-order valence-corrected chi connectivity index (χ2v) is 28.8. The standard InChI is InChI=1S/C86H86N2/c1-57-43-45-79(59(3)47-57)87(67-33-25-29-63(51-67)71-37-17-15-35-69(71)61-27-23-31-65(49-61)85(11,12)55-83(5,6)7)81-53-77-74-40-20-22-42-76(74)82(54-78(77)73-39-19-21-41-75(73)81)88(80-46-44-58(2)48-60(80)4)68-34-26-30-64(52-68)72-38-18-16-36-70(72)62-28-24-32-66(50-62)86(13,14)56-84(8,9)10/h15-54H,55-56H2,1-14H3. The quantitative estimate of drug-likeness (QED) is 0.100. The van der Waals surface area contributed by atoms with Gasteiger partial charge in [-0.3, -0.25) is 0 Å². The molecular weight excluding hydrogens is 1060 g/mol. The summed E-state index contributed by atoms with van der Waals surface area (Å²) in [6, 6.07) is 91.8. The van der Waals surface area contributed by atoms with Gasteiger partial charge in [-0.25, -0.2) is 0 Å². The molecule has 2 nitrogen and oxygen atoms in total. The molecule has 0 fully saturated rings. The highest BCUT2D eigenvalue weighted by molar-refractivity contribution is 6.24. The Hall–Kier alpha value is -8.98. The van der Waals surface area contributed by atoms with Crippen molar-refractivity contribution in [2.24, 2.45) is 10.8 Å². The first-order chi connectivity index (χ1) is 42.0. The number of nitrogens with zero attached hydrogens (tertiary/aromatic N) is 2. The van der Waals surface area contributed by atoms with Gasteiger partial charge in [0.05, 0.1) is 11.4 Å². The van der Waals surface area contributed by atoms with Crippen LogP contribution in [-0.4, -0.2) is 0 Å². The van der Waals surface area contributed by atoms with Gasteiger partial charge in [0.1, 0.15) is 0 Å². The van der Waals surface area contributed by atoms with E-state index in [1.54, 1.807) is 0 Å². The Morgan fingerprint density at radius 1 is 0.261 bits per heavy atom. The van der Waals surface area contributed by atoms with E-state index in [-0.39, 0.29) is 21.7 Å². The SMILES string of the molecule is Cc1ccc(N(c2cccc(-c3ccccc3-c3cccc(C(C)(C)CC(C)(C)C)c3)c2)c2cc3c4ccccc4c(N(c4cccc(-c5ccccc5-c5cccc(C(C)(C)CC(C)(C)C)c5)c4)c4ccc(C)cc4C)cc3c3ccccc23)c(C)c1. The molecule has 0 saturated heterocycles. The molecule has 0 unspecified atom stereocenters. The van der Waals surface area contributed by atoms with Crippen molar-refractivity contribution in [1.29, 1.82) is 0 Å². The third-order valence-electron chi connectivity index (χ3n) is 18.0. The summed E-state index contributed by atoms with van der Waals surface area (Å²) >= 11 is 0. The zero-order valence-corrected chi connectivity index (χ0v) is 54.4. The van der Waals surface area contributed by atoms with Crippen LogP contribution >= 0.6 is 0 Å². The normalized spacial score (nSPS) is 12.3. The third kappa shape index (κ3) is 11.9. The van der Waals surface area contributed by atoms with E-state index in [1.165, 1.54) is 110 Å². The maximum absolute atomic E-state index is 2.52. The summed E-state index contributed by atoms with van der Waals surface area (Å²) in [6.07, 6.45) is 2.18. The molecule has 88 heavy (non-hydrogen) atoms. The van der Waals surface area contributed by atoms with Crippen LogP contribution < -0.4 is 9.80 Å². The van der Waals surface area contributed by atoms with Gasteiger partial charge in [-0.05, 0) is 199 Å². The minimum atomic E-state index is 0.0161. The van der Waals surface area contributed by atoms with Crippen molar-refractivity contribution in [3.63, 3.8) is 0 Å². The Kier molecular flexibility index (Phi) is 15.7. The van der Waals surface area contributed by atoms with Crippen molar-refractivity contribution in [3.8, 4) is 44.5 Å². The zero-order chi connectivity index (χ0) is 61.9. The molecule has 0 N–H and O–H groups in total. The molecule has 0 aromatic heterocycles. The van der Waals surface area contributed by atoms with Gasteiger partial charge in [-0.1, -0.05) is 274 Å². The van der Waals surface area contributed by atoms with Crippen molar-refractivity contribution in [1.82, 2.24) is 0 Å². The van der Waals surface area contributed by atoms with Gasteiger partial charge in [-0.15, -0.1) is 0 Å². The molecular formula is C86H86N2. The first kappa shape index (κ1) is 59.4. The van der Waals surface area contributed by atoms with Crippen LogP contribution in [0.25, 0.3) is 76.8 Å². The van der Waals surface area contributed by atoms with Crippen LogP contribution in [0.1, 0.15) is 115 Å². The lowest BCUT2D eigenvalue weighted by Gasteiger charge is -2.33. The molecule has 12 aromatic carbocycles. The molecule has 0 aliphatic rings. The van der Waals surface area contributed by atoms with Crippen molar-refractivity contribution in [2.45, 2.75) is 121 Å². The molecule has 0 spiro atoms. The maximum Gasteiger partial charge on any atom is 0.0546 e. The molecule has 2 heteroatoms. The lowest BCUT2D eigenvalue weighted by atomic mass is 9.72. The molecule has 12 rings (SSSR count). The molecule has 12 aromatic rings. The number of rotatable bonds is 14. The second-order valence-electron chi connectivity index (χ2n) is 28.8. The van der Waals surface area contributed by atoms with E-state index in [9.17, 15) is 0 Å². The number of aryl methyl sites for hydroxylation is 4. The van der Waals surface area contributed by atoms with Crippen molar-refractivity contribution >= 4 is 66.4 Å². The molecule has 0 saturated carbocycles. The largest absolute Gasteiger partial charge is 0.310 e. The van der Waals surface area contributed by atoms with Gasteiger partial charge in [0.25, 0.3) is 0 Å². The molecule has 0 bridgehead atoms. The molecule has 0 aliphatic carbocycles. The fraction of sp³-hybridized carbons (Fsp3) is 0.233. The van der Waals surface area contributed by atoms with Crippen molar-refractivity contribution in [2.75, 3.05) is 9.80 Å². The third-order valence-corrected chi connectivity index (χ3v) is 18.0. The summed E-state index contributed by atoms with van der Waals surface area (Å²) in [5.41, 5.74) is 24.5. The van der Waals surface area contributed by atoms with Crippen LogP contribution in [0.15, 0.2) is 243 Å². The highest BCUT2D eigenvalue weighted by Crippen LogP contribution is 2.51. The van der Waals surface area contributed by atoms with Gasteiger partial charge >= 0.3 is 0 Å². The number of hydrogen-bond donors (Lipinski definition) is 0. The number of hydrogen-bond acceptors (Lipinski definition) is 2. The van der Waals surface area contributed by atoms with Gasteiger partial charge in [0.15, 0.2) is 0 Å². The van der Waals surface area contributed by atoms with Gasteiger partial charge in [-0.2, -0.15) is 0 Å². The molecule has 0 heterocycles. The first-order valence-corrected chi connectivity index (χ1v) is 31.7. The lowest BCUT2D eigenvalue weighted by Crippen LogP contribution is -2.24. The van der Waals surface area contributed by atoms with Crippen LogP contribution in [0.4, 0.5) is 34.1 Å². The Morgan fingerprint density at radius 2 is 0.580 bits per heavy atom. The minimum absolute atomic E-state index is 0.0161. The average molecular weight is 1150 g/mol.